The van der Waals surface area contributed by atoms with Crippen LogP contribution in [0.2, 0.25) is 0 Å². The van der Waals surface area contributed by atoms with Gasteiger partial charge in [-0.05, 0) is 70.3 Å². The number of hydrogen-bond acceptors (Lipinski definition) is 16. The number of cyclic esters (lactones) is 1. The molecular formula is C42H66N8O12S4. The highest BCUT2D eigenvalue weighted by molar-refractivity contribution is 8.76. The monoisotopic (exact) mass is 1000 g/mol. The van der Waals surface area contributed by atoms with E-state index in [2.05, 4.69) is 67.8 Å². The first-order chi connectivity index (χ1) is 31.1. The van der Waals surface area contributed by atoms with Gasteiger partial charge >= 0.3 is 11.9 Å². The molecule has 0 saturated carbocycles. The molecule has 10 atom stereocenters. The quantitative estimate of drug-likeness (QED) is 0.0728. The second-order valence-electron chi connectivity index (χ2n) is 16.4. The molecule has 2 bridgehead atoms. The first-order valence-corrected chi connectivity index (χ1v) is 25.4. The molecule has 0 radical (unpaired) electrons. The average Bonchev–Trinajstić information content (AvgIpc) is 3.24. The first-order valence-electron chi connectivity index (χ1n) is 21.7. The number of nitrogens with one attached hydrogen (secondary N) is 8. The van der Waals surface area contributed by atoms with Crippen LogP contribution in [0.3, 0.4) is 0 Å². The van der Waals surface area contributed by atoms with Crippen molar-refractivity contribution in [2.75, 3.05) is 23.0 Å². The highest BCUT2D eigenvalue weighted by Gasteiger charge is 2.35. The summed E-state index contributed by atoms with van der Waals surface area (Å²) in [4.78, 5) is 127. The summed E-state index contributed by atoms with van der Waals surface area (Å²) in [5.74, 6) is -4.85. The molecule has 3 aliphatic rings. The molecule has 3 aliphatic heterocycles. The van der Waals surface area contributed by atoms with Crippen molar-refractivity contribution in [3.63, 3.8) is 0 Å². The van der Waals surface area contributed by atoms with Gasteiger partial charge in [0, 0.05) is 17.3 Å². The molecule has 3 heterocycles. The van der Waals surface area contributed by atoms with Crippen molar-refractivity contribution in [1.29, 1.82) is 0 Å². The van der Waals surface area contributed by atoms with Crippen LogP contribution in [0.4, 0.5) is 0 Å². The Kier molecular flexibility index (Phi) is 25.7. The van der Waals surface area contributed by atoms with Crippen LogP contribution in [0.5, 0.6) is 0 Å². The minimum atomic E-state index is -1.03. The third-order valence-electron chi connectivity index (χ3n) is 9.90. The Hall–Kier alpha value is -4.42. The van der Waals surface area contributed by atoms with Gasteiger partial charge < -0.3 is 52.0 Å². The Morgan fingerprint density at radius 2 is 1.15 bits per heavy atom. The number of rotatable bonds is 6. The summed E-state index contributed by atoms with van der Waals surface area (Å²) >= 11 is 8.24. The van der Waals surface area contributed by atoms with Crippen molar-refractivity contribution in [3.8, 4) is 0 Å². The van der Waals surface area contributed by atoms with Gasteiger partial charge in [-0.25, -0.2) is 9.59 Å². The lowest BCUT2D eigenvalue weighted by Crippen LogP contribution is -2.59. The van der Waals surface area contributed by atoms with Crippen LogP contribution in [0.1, 0.15) is 81.1 Å². The zero-order chi connectivity index (χ0) is 49.7. The summed E-state index contributed by atoms with van der Waals surface area (Å²) < 4.78 is 10.9. The topological polar surface area (TPSA) is 285 Å². The Bertz CT molecular complexity index is 1800. The first kappa shape index (κ1) is 57.7. The van der Waals surface area contributed by atoms with Gasteiger partial charge in [0.15, 0.2) is 0 Å². The molecule has 20 nitrogen and oxygen atoms in total. The molecule has 2 saturated heterocycles. The Balaban J connectivity index is 0.000000453. The van der Waals surface area contributed by atoms with Gasteiger partial charge in [-0.15, -0.1) is 0 Å². The van der Waals surface area contributed by atoms with Gasteiger partial charge in [0.25, 0.3) is 0 Å². The number of allylic oxidation sites excluding steroid dienone is 2. The Labute approximate surface area is 405 Å². The van der Waals surface area contributed by atoms with E-state index in [0.29, 0.717) is 18.6 Å². The largest absolute Gasteiger partial charge is 0.456 e. The minimum absolute atomic E-state index is 0.0224. The van der Waals surface area contributed by atoms with Gasteiger partial charge in [-0.2, -0.15) is 25.3 Å². The third-order valence-corrected chi connectivity index (χ3v) is 13.0. The second kappa shape index (κ2) is 29.4. The fourth-order valence-corrected chi connectivity index (χ4v) is 8.59. The number of amides is 8. The molecule has 0 aromatic rings. The van der Waals surface area contributed by atoms with Gasteiger partial charge in [-0.3, -0.25) is 38.4 Å². The van der Waals surface area contributed by atoms with Crippen molar-refractivity contribution in [1.82, 2.24) is 42.5 Å². The maximum atomic E-state index is 13.0. The number of hydrogen-bond donors (Lipinski definition) is 10. The second-order valence-corrected chi connectivity index (χ2v) is 19.9. The van der Waals surface area contributed by atoms with Crippen LogP contribution < -0.4 is 42.5 Å². The molecule has 3 rings (SSSR count). The molecule has 8 N–H and O–H groups in total. The van der Waals surface area contributed by atoms with E-state index in [1.54, 1.807) is 45.9 Å². The zero-order valence-electron chi connectivity index (χ0n) is 38.5. The van der Waals surface area contributed by atoms with Crippen LogP contribution in [0, 0.1) is 11.8 Å². The molecule has 8 amide bonds. The summed E-state index contributed by atoms with van der Waals surface area (Å²) in [6, 6.07) is -7.68. The average molecular weight is 1000 g/mol. The van der Waals surface area contributed by atoms with Crippen molar-refractivity contribution in [2.45, 2.75) is 142 Å². The standard InChI is InChI=1S/C21H32N4O6S2.C21H34N4O6S2/c1-11(2)17-20(29)23-13(4)21(30)31-14-7-5-6-8-32-33-10-15(19(28)25-17)24-18(27)12(3)22-16(26)9-14;1-11(2)17-20(29)23-13(4)21(30)31-14(7-5-6-8-32)9-16(26)22-12(3)18(27)24-15(10-33)19(28)25-17/h5,7,11-15,17H,6,8-10H2,1-4H3,(H,22,26)(H,23,29)(H,24,27)(H,25,28);5,7,11-15,17,32-33H,6,8-10H2,1-4H3,(H,22,26)(H,23,29)(H,24,27)(H,25,28)/b2*7-5+/t2*12-,13-,14-,15-,17-/m11/s1. The van der Waals surface area contributed by atoms with Gasteiger partial charge in [0.1, 0.15) is 60.5 Å². The van der Waals surface area contributed by atoms with Crippen molar-refractivity contribution in [2.24, 2.45) is 11.8 Å². The number of ether oxygens (including phenoxy) is 2. The fraction of sp³-hybridized carbons (Fsp3) is 0.667. The van der Waals surface area contributed by atoms with Gasteiger partial charge in [0.05, 0.1) is 12.8 Å². The van der Waals surface area contributed by atoms with Crippen LogP contribution >= 0.6 is 46.8 Å². The number of thiol groups is 2. The van der Waals surface area contributed by atoms with E-state index in [0.717, 1.165) is 5.75 Å². The molecule has 66 heavy (non-hydrogen) atoms. The Morgan fingerprint density at radius 1 is 0.621 bits per heavy atom. The van der Waals surface area contributed by atoms with E-state index in [-0.39, 0.29) is 36.2 Å². The van der Waals surface area contributed by atoms with E-state index < -0.39 is 120 Å². The van der Waals surface area contributed by atoms with Crippen molar-refractivity contribution in [3.05, 3.63) is 24.3 Å². The van der Waals surface area contributed by atoms with Crippen LogP contribution in [0.15, 0.2) is 24.3 Å². The van der Waals surface area contributed by atoms with Crippen LogP contribution in [-0.2, 0) is 57.4 Å². The van der Waals surface area contributed by atoms with Gasteiger partial charge in [0.2, 0.25) is 47.3 Å². The third kappa shape index (κ3) is 20.2. The predicted molar refractivity (Wildman–Crippen MR) is 257 cm³/mol. The number of esters is 2. The number of carbonyl (C=O) groups is 10. The highest BCUT2D eigenvalue weighted by Crippen LogP contribution is 2.24. The SMILES string of the molecule is CC(C)[C@H]1NC(=O)[C@@H](CS)NC(=O)[C@@H](C)NC(=O)C[C@@H](/C=C/CCS)OC(=O)[C@@H](C)NC1=O.CC(C)[C@H]1NC(=O)[C@H]2CSSCC/C=C/[C@H](CC(=O)N[C@H](C)C(=O)N2)OC(=O)[C@@H](C)NC1=O. The summed E-state index contributed by atoms with van der Waals surface area (Å²) in [6.45, 7) is 12.9. The summed E-state index contributed by atoms with van der Waals surface area (Å²) in [5, 5.41) is 20.7. The predicted octanol–water partition coefficient (Wildman–Crippen LogP) is 0.0210. The molecule has 0 aromatic carbocycles. The normalized spacial score (nSPS) is 30.4. The number of fused-ring (bicyclic) bond motifs is 7. The maximum absolute atomic E-state index is 13.0. The minimum Gasteiger partial charge on any atom is -0.456 e. The zero-order valence-corrected chi connectivity index (χ0v) is 41.9. The van der Waals surface area contributed by atoms with Gasteiger partial charge in [-0.1, -0.05) is 61.4 Å². The molecule has 0 aromatic heterocycles. The smallest absolute Gasteiger partial charge is 0.328 e. The van der Waals surface area contributed by atoms with E-state index in [4.69, 9.17) is 9.47 Å². The molecule has 24 heteroatoms. The van der Waals surface area contributed by atoms with E-state index >= 15 is 0 Å². The summed E-state index contributed by atoms with van der Waals surface area (Å²) in [6.07, 6.45) is 5.89. The molecule has 0 spiro atoms. The lowest BCUT2D eigenvalue weighted by molar-refractivity contribution is -0.152. The van der Waals surface area contributed by atoms with E-state index in [9.17, 15) is 47.9 Å². The maximum Gasteiger partial charge on any atom is 0.328 e. The van der Waals surface area contributed by atoms with Crippen LogP contribution in [-0.4, -0.2) is 143 Å². The Morgan fingerprint density at radius 3 is 1.70 bits per heavy atom. The molecule has 0 unspecified atom stereocenters. The molecule has 0 aliphatic carbocycles. The molecular weight excluding hydrogens is 937 g/mol. The highest BCUT2D eigenvalue weighted by atomic mass is 33.1. The van der Waals surface area contributed by atoms with Crippen LogP contribution in [0.25, 0.3) is 0 Å². The molecule has 2 fully saturated rings. The van der Waals surface area contributed by atoms with E-state index in [1.165, 1.54) is 49.3 Å². The lowest BCUT2D eigenvalue weighted by Gasteiger charge is -2.27. The van der Waals surface area contributed by atoms with Crippen molar-refractivity contribution < 1.29 is 57.4 Å². The molecule has 370 valence electrons. The summed E-state index contributed by atoms with van der Waals surface area (Å²) in [7, 11) is 2.96. The fourth-order valence-electron chi connectivity index (χ4n) is 6.03. The lowest BCUT2D eigenvalue weighted by atomic mass is 10.0. The van der Waals surface area contributed by atoms with Crippen molar-refractivity contribution >= 4 is 106 Å². The number of carbonyl (C=O) groups excluding carboxylic acids is 10. The summed E-state index contributed by atoms with van der Waals surface area (Å²) in [5.41, 5.74) is 0. The van der Waals surface area contributed by atoms with E-state index in [1.807, 2.05) is 6.08 Å².